The van der Waals surface area contributed by atoms with Gasteiger partial charge in [-0.3, -0.25) is 5.10 Å². The zero-order valence-electron chi connectivity index (χ0n) is 17.2. The van der Waals surface area contributed by atoms with Crippen molar-refractivity contribution in [2.24, 2.45) is 11.1 Å². The number of piperidine rings is 1. The summed E-state index contributed by atoms with van der Waals surface area (Å²) in [5, 5.41) is 7.41. The van der Waals surface area contributed by atoms with E-state index in [1.165, 1.54) is 11.1 Å². The summed E-state index contributed by atoms with van der Waals surface area (Å²) < 4.78 is 0. The van der Waals surface area contributed by atoms with Crippen LogP contribution in [0.4, 0.5) is 5.82 Å². The molecular formula is C24H26ClN5. The second-order valence-corrected chi connectivity index (χ2v) is 8.98. The van der Waals surface area contributed by atoms with E-state index in [1.807, 2.05) is 6.07 Å². The van der Waals surface area contributed by atoms with Crippen molar-refractivity contribution in [3.05, 3.63) is 82.3 Å². The summed E-state index contributed by atoms with van der Waals surface area (Å²) in [5.41, 5.74) is 13.2. The molecule has 0 radical (unpaired) electrons. The van der Waals surface area contributed by atoms with Gasteiger partial charge in [-0.05, 0) is 60.4 Å². The van der Waals surface area contributed by atoms with Crippen molar-refractivity contribution < 1.29 is 0 Å². The molecule has 1 spiro atoms. The maximum absolute atomic E-state index is 6.72. The lowest BCUT2D eigenvalue weighted by atomic mass is 9.73. The minimum Gasteiger partial charge on any atom is -0.356 e. The summed E-state index contributed by atoms with van der Waals surface area (Å²) in [7, 11) is 0. The van der Waals surface area contributed by atoms with Crippen LogP contribution >= 0.6 is 11.6 Å². The molecule has 1 aliphatic heterocycles. The summed E-state index contributed by atoms with van der Waals surface area (Å²) >= 11 is 6.58. The molecule has 2 aliphatic rings. The molecule has 2 aromatic heterocycles. The van der Waals surface area contributed by atoms with E-state index in [2.05, 4.69) is 58.9 Å². The monoisotopic (exact) mass is 419 g/mol. The molecule has 3 aromatic rings. The third-order valence-corrected chi connectivity index (χ3v) is 7.23. The fourth-order valence-electron chi connectivity index (χ4n) is 5.15. The number of H-pyrrole nitrogens is 1. The summed E-state index contributed by atoms with van der Waals surface area (Å²) in [5.74, 6) is 0.958. The molecule has 1 saturated heterocycles. The van der Waals surface area contributed by atoms with E-state index >= 15 is 0 Å². The third-order valence-electron chi connectivity index (χ3n) is 6.94. The van der Waals surface area contributed by atoms with Gasteiger partial charge in [0.25, 0.3) is 0 Å². The minimum atomic E-state index is 0.119. The van der Waals surface area contributed by atoms with Crippen LogP contribution in [0.5, 0.6) is 0 Å². The molecule has 1 fully saturated rings. The van der Waals surface area contributed by atoms with Crippen LogP contribution in [0.3, 0.4) is 0 Å². The van der Waals surface area contributed by atoms with Crippen molar-refractivity contribution >= 4 is 23.0 Å². The van der Waals surface area contributed by atoms with Crippen LogP contribution in [-0.2, 0) is 6.42 Å². The quantitative estimate of drug-likeness (QED) is 0.605. The number of rotatable bonds is 3. The van der Waals surface area contributed by atoms with Gasteiger partial charge in [-0.2, -0.15) is 5.10 Å². The fourth-order valence-corrected chi connectivity index (χ4v) is 5.40. The van der Waals surface area contributed by atoms with E-state index in [0.717, 1.165) is 60.6 Å². The first-order chi connectivity index (χ1) is 14.5. The molecule has 154 valence electrons. The highest BCUT2D eigenvalue weighted by atomic mass is 35.5. The molecule has 1 aromatic carbocycles. The molecule has 1 aliphatic carbocycles. The largest absolute Gasteiger partial charge is 0.356 e. The number of nitrogens with two attached hydrogens (primary N) is 1. The Morgan fingerprint density at radius 2 is 2.03 bits per heavy atom. The molecule has 0 unspecified atom stereocenters. The van der Waals surface area contributed by atoms with Crippen molar-refractivity contribution in [2.75, 3.05) is 18.0 Å². The van der Waals surface area contributed by atoms with Gasteiger partial charge in [0.1, 0.15) is 11.0 Å². The second kappa shape index (κ2) is 7.25. The number of fused-ring (bicyclic) bond motifs is 1. The lowest BCUT2D eigenvalue weighted by Crippen LogP contribution is -2.44. The Bertz CT molecular complexity index is 1100. The third kappa shape index (κ3) is 3.04. The molecule has 5 rings (SSSR count). The van der Waals surface area contributed by atoms with Crippen LogP contribution in [0, 0.1) is 12.3 Å². The standard InChI is InChI=1S/C24H26ClN5/c1-15-13-19(16(2)20-7-10-27-29-20)22(25)28-23(15)30-11-8-24(9-12-30)14-17-5-3-4-6-18(17)21(24)26/h3-7,10,13,21H,2,8-9,11-12,14,26H2,1H3,(H,27,29)/t21-/m1/s1. The zero-order chi connectivity index (χ0) is 20.9. The Hall–Kier alpha value is -2.63. The molecule has 0 bridgehead atoms. The van der Waals surface area contributed by atoms with Crippen molar-refractivity contribution in [3.63, 3.8) is 0 Å². The van der Waals surface area contributed by atoms with Gasteiger partial charge < -0.3 is 10.6 Å². The molecule has 3 heterocycles. The Balaban J connectivity index is 1.36. The van der Waals surface area contributed by atoms with Crippen molar-refractivity contribution in [1.29, 1.82) is 0 Å². The van der Waals surface area contributed by atoms with Gasteiger partial charge in [-0.15, -0.1) is 0 Å². The highest BCUT2D eigenvalue weighted by molar-refractivity contribution is 6.31. The van der Waals surface area contributed by atoms with Gasteiger partial charge in [0.05, 0.1) is 5.69 Å². The molecular weight excluding hydrogens is 394 g/mol. The Morgan fingerprint density at radius 3 is 2.73 bits per heavy atom. The number of aromatic amines is 1. The molecule has 30 heavy (non-hydrogen) atoms. The molecule has 6 heteroatoms. The van der Waals surface area contributed by atoms with Gasteiger partial charge in [0, 0.05) is 36.5 Å². The van der Waals surface area contributed by atoms with E-state index in [-0.39, 0.29) is 11.5 Å². The smallest absolute Gasteiger partial charge is 0.139 e. The fraction of sp³-hybridized carbons (Fsp3) is 0.333. The van der Waals surface area contributed by atoms with E-state index in [1.54, 1.807) is 6.20 Å². The number of nitrogens with one attached hydrogen (secondary N) is 1. The van der Waals surface area contributed by atoms with E-state index in [9.17, 15) is 0 Å². The number of benzene rings is 1. The molecule has 0 amide bonds. The lowest BCUT2D eigenvalue weighted by molar-refractivity contribution is 0.187. The lowest BCUT2D eigenvalue weighted by Gasteiger charge is -2.43. The van der Waals surface area contributed by atoms with Crippen LogP contribution in [0.2, 0.25) is 5.15 Å². The first-order valence-electron chi connectivity index (χ1n) is 10.4. The van der Waals surface area contributed by atoms with Crippen molar-refractivity contribution in [2.45, 2.75) is 32.2 Å². The SMILES string of the molecule is C=C(c1ccn[nH]1)c1cc(C)c(N2CCC3(CC2)Cc2ccccc2[C@H]3N)nc1Cl. The molecule has 5 nitrogen and oxygen atoms in total. The predicted molar refractivity (Wildman–Crippen MR) is 122 cm³/mol. The topological polar surface area (TPSA) is 70.8 Å². The van der Waals surface area contributed by atoms with E-state index in [0.29, 0.717) is 5.15 Å². The zero-order valence-corrected chi connectivity index (χ0v) is 17.9. The molecule has 0 saturated carbocycles. The number of nitrogens with zero attached hydrogens (tertiary/aromatic N) is 3. The second-order valence-electron chi connectivity index (χ2n) is 8.62. The number of anilines is 1. The number of hydrogen-bond acceptors (Lipinski definition) is 4. The summed E-state index contributed by atoms with van der Waals surface area (Å²) in [6.45, 7) is 8.13. The number of hydrogen-bond donors (Lipinski definition) is 2. The highest BCUT2D eigenvalue weighted by Crippen LogP contribution is 2.51. The summed E-state index contributed by atoms with van der Waals surface area (Å²) in [6.07, 6.45) is 4.90. The van der Waals surface area contributed by atoms with Crippen molar-refractivity contribution in [1.82, 2.24) is 15.2 Å². The minimum absolute atomic E-state index is 0.119. The highest BCUT2D eigenvalue weighted by Gasteiger charge is 2.46. The van der Waals surface area contributed by atoms with Gasteiger partial charge in [0.2, 0.25) is 0 Å². The van der Waals surface area contributed by atoms with Gasteiger partial charge in [0.15, 0.2) is 0 Å². The number of pyridine rings is 1. The normalized spacial score (nSPS) is 19.8. The average molecular weight is 420 g/mol. The maximum Gasteiger partial charge on any atom is 0.139 e. The Morgan fingerprint density at radius 1 is 1.27 bits per heavy atom. The van der Waals surface area contributed by atoms with Gasteiger partial charge >= 0.3 is 0 Å². The van der Waals surface area contributed by atoms with Crippen LogP contribution in [-0.4, -0.2) is 28.3 Å². The summed E-state index contributed by atoms with van der Waals surface area (Å²) in [4.78, 5) is 7.12. The van der Waals surface area contributed by atoms with Gasteiger partial charge in [-0.25, -0.2) is 4.98 Å². The number of halogens is 1. The van der Waals surface area contributed by atoms with Crippen molar-refractivity contribution in [3.8, 4) is 0 Å². The Kier molecular flexibility index (Phi) is 4.68. The van der Waals surface area contributed by atoms with Crippen LogP contribution < -0.4 is 10.6 Å². The van der Waals surface area contributed by atoms with Crippen LogP contribution in [0.25, 0.3) is 5.57 Å². The van der Waals surface area contributed by atoms with Crippen LogP contribution in [0.15, 0.2) is 49.2 Å². The summed E-state index contributed by atoms with van der Waals surface area (Å²) in [6, 6.07) is 12.7. The molecule has 1 atom stereocenters. The van der Waals surface area contributed by atoms with E-state index in [4.69, 9.17) is 22.3 Å². The number of aryl methyl sites for hydroxylation is 1. The first kappa shape index (κ1) is 19.3. The molecule has 3 N–H and O–H groups in total. The number of aromatic nitrogens is 3. The Labute approximate surface area is 182 Å². The average Bonchev–Trinajstić information content (AvgIpc) is 3.38. The predicted octanol–water partition coefficient (Wildman–Crippen LogP) is 4.67. The first-order valence-corrected chi connectivity index (χ1v) is 10.8. The van der Waals surface area contributed by atoms with E-state index < -0.39 is 0 Å². The van der Waals surface area contributed by atoms with Gasteiger partial charge in [-0.1, -0.05) is 42.4 Å². The maximum atomic E-state index is 6.72. The van der Waals surface area contributed by atoms with Crippen LogP contribution in [0.1, 0.15) is 46.8 Å².